The highest BCUT2D eigenvalue weighted by molar-refractivity contribution is 7.98. The quantitative estimate of drug-likeness (QED) is 0.482. The summed E-state index contributed by atoms with van der Waals surface area (Å²) in [6.45, 7) is 2.54. The molecule has 31 heavy (non-hydrogen) atoms. The Bertz CT molecular complexity index is 894. The maximum Gasteiger partial charge on any atom is 0.246 e. The Morgan fingerprint density at radius 3 is 2.32 bits per heavy atom. The largest absolute Gasteiger partial charge is 0.497 e. The predicted molar refractivity (Wildman–Crippen MR) is 126 cm³/mol. The van der Waals surface area contributed by atoms with Gasteiger partial charge in [0.2, 0.25) is 11.8 Å². The summed E-state index contributed by atoms with van der Waals surface area (Å²) < 4.78 is 5.17. The lowest BCUT2D eigenvalue weighted by Gasteiger charge is -2.21. The van der Waals surface area contributed by atoms with Gasteiger partial charge in [0.1, 0.15) is 5.75 Å². The van der Waals surface area contributed by atoms with Crippen LogP contribution in [0.15, 0.2) is 59.5 Å². The van der Waals surface area contributed by atoms with Crippen LogP contribution in [0, 0.1) is 0 Å². The van der Waals surface area contributed by atoms with Crippen molar-refractivity contribution in [3.63, 3.8) is 0 Å². The van der Waals surface area contributed by atoms with Crippen LogP contribution in [0.3, 0.4) is 0 Å². The van der Waals surface area contributed by atoms with E-state index in [1.807, 2.05) is 58.5 Å². The number of aryl methyl sites for hydroxylation is 1. The molecule has 0 unspecified atom stereocenters. The molecule has 2 aromatic carbocycles. The van der Waals surface area contributed by atoms with Gasteiger partial charge in [-0.25, -0.2) is 0 Å². The monoisotopic (exact) mass is 438 g/mol. The number of rotatable bonds is 7. The predicted octanol–water partition coefficient (Wildman–Crippen LogP) is 4.12. The first kappa shape index (κ1) is 22.9. The van der Waals surface area contributed by atoms with Gasteiger partial charge in [0.25, 0.3) is 0 Å². The van der Waals surface area contributed by atoms with Crippen LogP contribution < -0.4 is 4.74 Å². The van der Waals surface area contributed by atoms with Gasteiger partial charge < -0.3 is 14.5 Å². The zero-order valence-corrected chi connectivity index (χ0v) is 19.1. The van der Waals surface area contributed by atoms with Gasteiger partial charge in [0, 0.05) is 43.6 Å². The maximum atomic E-state index is 12.7. The zero-order valence-electron chi connectivity index (χ0n) is 18.3. The minimum absolute atomic E-state index is 0.00137. The fraction of sp³-hybridized carbons (Fsp3) is 0.360. The molecule has 5 nitrogen and oxygen atoms in total. The van der Waals surface area contributed by atoms with Gasteiger partial charge in [-0.3, -0.25) is 9.59 Å². The number of methoxy groups -OCH3 is 1. The molecule has 164 valence electrons. The Labute approximate surface area is 189 Å². The van der Waals surface area contributed by atoms with Crippen LogP contribution in [0.1, 0.15) is 24.0 Å². The molecule has 2 amide bonds. The first-order chi connectivity index (χ1) is 15.1. The van der Waals surface area contributed by atoms with Crippen molar-refractivity contribution < 1.29 is 14.3 Å². The summed E-state index contributed by atoms with van der Waals surface area (Å²) >= 11 is 1.70. The first-order valence-corrected chi connectivity index (χ1v) is 11.8. The third-order valence-electron chi connectivity index (χ3n) is 5.48. The van der Waals surface area contributed by atoms with Crippen LogP contribution in [0.4, 0.5) is 0 Å². The topological polar surface area (TPSA) is 49.9 Å². The molecule has 0 N–H and O–H groups in total. The number of amides is 2. The van der Waals surface area contributed by atoms with Crippen molar-refractivity contribution in [3.05, 3.63) is 65.7 Å². The number of hydrogen-bond acceptors (Lipinski definition) is 4. The summed E-state index contributed by atoms with van der Waals surface area (Å²) in [7, 11) is 1.64. The first-order valence-electron chi connectivity index (χ1n) is 10.6. The van der Waals surface area contributed by atoms with Crippen molar-refractivity contribution in [1.29, 1.82) is 0 Å². The van der Waals surface area contributed by atoms with E-state index < -0.39 is 0 Å². The Kier molecular flexibility index (Phi) is 8.59. The van der Waals surface area contributed by atoms with Crippen LogP contribution in [0.5, 0.6) is 5.75 Å². The molecule has 1 aliphatic rings. The fourth-order valence-electron chi connectivity index (χ4n) is 3.58. The van der Waals surface area contributed by atoms with Gasteiger partial charge in [-0.1, -0.05) is 24.3 Å². The van der Waals surface area contributed by atoms with Crippen LogP contribution >= 0.6 is 11.8 Å². The lowest BCUT2D eigenvalue weighted by molar-refractivity contribution is -0.132. The molecular weight excluding hydrogens is 408 g/mol. The van der Waals surface area contributed by atoms with Gasteiger partial charge in [0.05, 0.1) is 7.11 Å². The summed E-state index contributed by atoms with van der Waals surface area (Å²) in [6, 6.07) is 16.0. The van der Waals surface area contributed by atoms with Crippen molar-refractivity contribution in [2.75, 3.05) is 39.5 Å². The number of hydrogen-bond donors (Lipinski definition) is 0. The van der Waals surface area contributed by atoms with E-state index in [9.17, 15) is 9.59 Å². The van der Waals surface area contributed by atoms with Gasteiger partial charge in [-0.2, -0.15) is 0 Å². The van der Waals surface area contributed by atoms with E-state index in [-0.39, 0.29) is 11.8 Å². The van der Waals surface area contributed by atoms with E-state index in [0.29, 0.717) is 39.0 Å². The summed E-state index contributed by atoms with van der Waals surface area (Å²) in [6.07, 6.45) is 7.52. The molecule has 2 aromatic rings. The minimum Gasteiger partial charge on any atom is -0.497 e. The Morgan fingerprint density at radius 2 is 1.65 bits per heavy atom. The highest BCUT2D eigenvalue weighted by atomic mass is 32.2. The number of carbonyl (C=O) groups is 2. The standard InChI is InChI=1S/C25H30N2O3S/c1-30-22-10-4-20(5-11-22)8-14-24(28)26-16-3-17-27(19-18-26)25(29)15-9-21-6-12-23(31-2)13-7-21/h4-7,9-13,15H,3,8,14,16-19H2,1-2H3/b15-9+. The van der Waals surface area contributed by atoms with Crippen molar-refractivity contribution in [2.24, 2.45) is 0 Å². The van der Waals surface area contributed by atoms with Crippen LogP contribution in [-0.2, 0) is 16.0 Å². The smallest absolute Gasteiger partial charge is 0.246 e. The van der Waals surface area contributed by atoms with Gasteiger partial charge in [-0.05, 0) is 60.6 Å². The molecule has 3 rings (SSSR count). The van der Waals surface area contributed by atoms with Crippen LogP contribution in [-0.4, -0.2) is 61.2 Å². The molecule has 1 saturated heterocycles. The Morgan fingerprint density at radius 1 is 0.968 bits per heavy atom. The van der Waals surface area contributed by atoms with Crippen LogP contribution in [0.25, 0.3) is 6.08 Å². The molecule has 1 aliphatic heterocycles. The van der Waals surface area contributed by atoms with Crippen molar-refractivity contribution in [1.82, 2.24) is 9.80 Å². The Balaban J connectivity index is 1.47. The number of thioether (sulfide) groups is 1. The van der Waals surface area contributed by atoms with E-state index in [0.717, 1.165) is 23.3 Å². The van der Waals surface area contributed by atoms with Gasteiger partial charge >= 0.3 is 0 Å². The van der Waals surface area contributed by atoms with Gasteiger partial charge in [0.15, 0.2) is 0 Å². The number of ether oxygens (including phenoxy) is 1. The summed E-state index contributed by atoms with van der Waals surface area (Å²) in [5, 5.41) is 0. The maximum absolute atomic E-state index is 12.7. The summed E-state index contributed by atoms with van der Waals surface area (Å²) in [5.41, 5.74) is 2.13. The minimum atomic E-state index is 0.00137. The molecule has 0 aliphatic carbocycles. The SMILES string of the molecule is COc1ccc(CCC(=O)N2CCCN(C(=O)/C=C/c3ccc(SC)cc3)CC2)cc1. The summed E-state index contributed by atoms with van der Waals surface area (Å²) in [4.78, 5) is 30.2. The molecule has 0 aromatic heterocycles. The molecular formula is C25H30N2O3S. The molecule has 0 saturated carbocycles. The lowest BCUT2D eigenvalue weighted by Crippen LogP contribution is -2.36. The van der Waals surface area contributed by atoms with Crippen molar-refractivity contribution >= 4 is 29.7 Å². The average molecular weight is 439 g/mol. The zero-order chi connectivity index (χ0) is 22.1. The highest BCUT2D eigenvalue weighted by Gasteiger charge is 2.20. The molecule has 1 fully saturated rings. The second-order valence-electron chi connectivity index (χ2n) is 7.51. The Hall–Kier alpha value is -2.73. The molecule has 0 radical (unpaired) electrons. The second kappa shape index (κ2) is 11.6. The van der Waals surface area contributed by atoms with E-state index in [2.05, 4.69) is 12.1 Å². The molecule has 6 heteroatoms. The number of carbonyl (C=O) groups excluding carboxylic acids is 2. The average Bonchev–Trinajstić information content (AvgIpc) is 3.08. The van der Waals surface area contributed by atoms with Crippen molar-refractivity contribution in [2.45, 2.75) is 24.2 Å². The number of nitrogens with zero attached hydrogens (tertiary/aromatic N) is 2. The normalized spacial score (nSPS) is 14.5. The fourth-order valence-corrected chi connectivity index (χ4v) is 3.99. The van der Waals surface area contributed by atoms with Crippen LogP contribution in [0.2, 0.25) is 0 Å². The molecule has 0 bridgehead atoms. The molecule has 1 heterocycles. The highest BCUT2D eigenvalue weighted by Crippen LogP contribution is 2.16. The number of benzene rings is 2. The molecule has 0 atom stereocenters. The third-order valence-corrected chi connectivity index (χ3v) is 6.22. The molecule has 0 spiro atoms. The van der Waals surface area contributed by atoms with E-state index in [1.165, 1.54) is 4.90 Å². The second-order valence-corrected chi connectivity index (χ2v) is 8.39. The van der Waals surface area contributed by atoms with E-state index >= 15 is 0 Å². The van der Waals surface area contributed by atoms with Gasteiger partial charge in [-0.15, -0.1) is 11.8 Å². The van der Waals surface area contributed by atoms with E-state index in [4.69, 9.17) is 4.74 Å². The van der Waals surface area contributed by atoms with E-state index in [1.54, 1.807) is 24.9 Å². The summed E-state index contributed by atoms with van der Waals surface area (Å²) in [5.74, 6) is 0.967. The third kappa shape index (κ3) is 6.89. The lowest BCUT2D eigenvalue weighted by atomic mass is 10.1. The van der Waals surface area contributed by atoms with Crippen molar-refractivity contribution in [3.8, 4) is 5.75 Å².